The predicted octanol–water partition coefficient (Wildman–Crippen LogP) is 7.34. The van der Waals surface area contributed by atoms with Crippen LogP contribution >= 0.6 is 27.5 Å². The number of hydrazone groups is 1. The molecule has 0 radical (unpaired) electrons. The third-order valence-corrected chi connectivity index (χ3v) is 7.69. The molecule has 6 nitrogen and oxygen atoms in total. The van der Waals surface area contributed by atoms with Crippen LogP contribution in [0.1, 0.15) is 43.5 Å². The van der Waals surface area contributed by atoms with Crippen LogP contribution in [0.4, 0.5) is 17.1 Å². The highest BCUT2D eigenvalue weighted by Gasteiger charge is 2.41. The number of carbonyl (C=O) groups excluding carboxylic acids is 1. The number of methoxy groups -OCH3 is 1. The lowest BCUT2D eigenvalue weighted by atomic mass is 10.1. The van der Waals surface area contributed by atoms with Gasteiger partial charge in [-0.05, 0) is 74.7 Å². The van der Waals surface area contributed by atoms with E-state index in [0.717, 1.165) is 45.8 Å². The summed E-state index contributed by atoms with van der Waals surface area (Å²) < 4.78 is 6.68. The zero-order valence-electron chi connectivity index (χ0n) is 21.2. The van der Waals surface area contributed by atoms with E-state index in [4.69, 9.17) is 21.4 Å². The molecule has 2 heterocycles. The van der Waals surface area contributed by atoms with Gasteiger partial charge in [0.1, 0.15) is 5.75 Å². The van der Waals surface area contributed by atoms with Crippen LogP contribution in [0.2, 0.25) is 5.02 Å². The molecule has 192 valence electrons. The molecule has 0 saturated carbocycles. The molecular weight excluding hydrogens is 552 g/mol. The summed E-state index contributed by atoms with van der Waals surface area (Å²) in [6.07, 6.45) is 3.12. The van der Waals surface area contributed by atoms with E-state index < -0.39 is 6.17 Å². The Bertz CT molecular complexity index is 1340. The van der Waals surface area contributed by atoms with E-state index in [2.05, 4.69) is 26.9 Å². The Morgan fingerprint density at radius 1 is 1.00 bits per heavy atom. The normalized spacial score (nSPS) is 17.7. The number of hydrogen-bond acceptors (Lipinski definition) is 6. The SMILES string of the molecule is COc1ccc(Br)cc1[C@H]1N(c2ccc(C)cc2)N=C(C(C)=O)N1c1ccc(N2CCCCC2)c(Cl)c1. The topological polar surface area (TPSA) is 48.4 Å². The summed E-state index contributed by atoms with van der Waals surface area (Å²) in [7, 11) is 1.65. The summed E-state index contributed by atoms with van der Waals surface area (Å²) >= 11 is 10.5. The second kappa shape index (κ2) is 10.8. The second-order valence-corrected chi connectivity index (χ2v) is 10.8. The number of ether oxygens (including phenoxy) is 1. The molecule has 37 heavy (non-hydrogen) atoms. The third kappa shape index (κ3) is 5.07. The van der Waals surface area contributed by atoms with Crippen LogP contribution in [0.3, 0.4) is 0 Å². The quantitative estimate of drug-likeness (QED) is 0.305. The zero-order valence-corrected chi connectivity index (χ0v) is 23.6. The molecule has 1 atom stereocenters. The molecular formula is C29H30BrClN4O2. The van der Waals surface area contributed by atoms with Gasteiger partial charge in [0, 0.05) is 35.7 Å². The summed E-state index contributed by atoms with van der Waals surface area (Å²) in [5.74, 6) is 0.908. The molecule has 5 rings (SSSR count). The van der Waals surface area contributed by atoms with Crippen LogP contribution < -0.4 is 19.5 Å². The predicted molar refractivity (Wildman–Crippen MR) is 155 cm³/mol. The number of rotatable bonds is 6. The standard InChI is InChI=1S/C29H30BrClN4O2/c1-19-7-10-22(11-8-19)35-29(24-17-21(30)9-14-27(24)37-3)34(28(32-35)20(2)36)23-12-13-26(25(31)18-23)33-15-5-4-6-16-33/h7-14,17-18,29H,4-6,15-16H2,1-3H3/t29-/m1/s1. The number of ketones is 1. The van der Waals surface area contributed by atoms with E-state index >= 15 is 0 Å². The first kappa shape index (κ1) is 25.6. The molecule has 2 aliphatic heterocycles. The van der Waals surface area contributed by atoms with Crippen molar-refractivity contribution < 1.29 is 9.53 Å². The lowest BCUT2D eigenvalue weighted by molar-refractivity contribution is -0.111. The number of aryl methyl sites for hydroxylation is 1. The van der Waals surface area contributed by atoms with Crippen LogP contribution in [0, 0.1) is 6.92 Å². The van der Waals surface area contributed by atoms with Gasteiger partial charge in [-0.25, -0.2) is 5.01 Å². The highest BCUT2D eigenvalue weighted by molar-refractivity contribution is 9.10. The first-order valence-corrected chi connectivity index (χ1v) is 13.7. The lowest BCUT2D eigenvalue weighted by Crippen LogP contribution is -2.38. The first-order valence-electron chi connectivity index (χ1n) is 12.5. The average molecular weight is 582 g/mol. The monoisotopic (exact) mass is 580 g/mol. The van der Waals surface area contributed by atoms with Gasteiger partial charge in [-0.1, -0.05) is 45.2 Å². The van der Waals surface area contributed by atoms with Crippen LogP contribution in [-0.2, 0) is 4.79 Å². The van der Waals surface area contributed by atoms with Crippen LogP contribution in [0.5, 0.6) is 5.75 Å². The van der Waals surface area contributed by atoms with Gasteiger partial charge in [0.2, 0.25) is 0 Å². The summed E-state index contributed by atoms with van der Waals surface area (Å²) in [4.78, 5) is 17.3. The van der Waals surface area contributed by atoms with Gasteiger partial charge in [0.05, 0.1) is 23.5 Å². The van der Waals surface area contributed by atoms with Crippen molar-refractivity contribution in [3.63, 3.8) is 0 Å². The fourth-order valence-electron chi connectivity index (χ4n) is 5.04. The molecule has 1 fully saturated rings. The molecule has 0 unspecified atom stereocenters. The minimum atomic E-state index is -0.467. The average Bonchev–Trinajstić information content (AvgIpc) is 3.30. The molecule has 3 aromatic rings. The Morgan fingerprint density at radius 2 is 1.70 bits per heavy atom. The Balaban J connectivity index is 1.66. The van der Waals surface area contributed by atoms with Gasteiger partial charge in [0.25, 0.3) is 0 Å². The first-order chi connectivity index (χ1) is 17.9. The number of benzene rings is 3. The van der Waals surface area contributed by atoms with Gasteiger partial charge >= 0.3 is 0 Å². The lowest BCUT2D eigenvalue weighted by Gasteiger charge is -2.34. The van der Waals surface area contributed by atoms with Crippen molar-refractivity contribution in [3.8, 4) is 5.75 Å². The number of halogens is 2. The maximum absolute atomic E-state index is 13.0. The van der Waals surface area contributed by atoms with Crippen molar-refractivity contribution in [1.29, 1.82) is 0 Å². The Hall–Kier alpha value is -3.03. The van der Waals surface area contributed by atoms with E-state index in [1.54, 1.807) is 14.0 Å². The van der Waals surface area contributed by atoms with E-state index in [-0.39, 0.29) is 5.78 Å². The van der Waals surface area contributed by atoms with Crippen molar-refractivity contribution in [2.45, 2.75) is 39.3 Å². The van der Waals surface area contributed by atoms with E-state index in [0.29, 0.717) is 16.6 Å². The van der Waals surface area contributed by atoms with Crippen molar-refractivity contribution in [2.75, 3.05) is 35.0 Å². The number of nitrogens with zero attached hydrogens (tertiary/aromatic N) is 4. The summed E-state index contributed by atoms with van der Waals surface area (Å²) in [5.41, 5.74) is 4.70. The maximum Gasteiger partial charge on any atom is 0.198 e. The van der Waals surface area contributed by atoms with Crippen LogP contribution in [0.25, 0.3) is 0 Å². The fraction of sp³-hybridized carbons (Fsp3) is 0.310. The molecule has 2 aliphatic rings. The van der Waals surface area contributed by atoms with Gasteiger partial charge in [-0.15, -0.1) is 5.10 Å². The Kier molecular flexibility index (Phi) is 7.45. The zero-order chi connectivity index (χ0) is 26.1. The highest BCUT2D eigenvalue weighted by atomic mass is 79.9. The fourth-order valence-corrected chi connectivity index (χ4v) is 5.72. The van der Waals surface area contributed by atoms with Crippen LogP contribution in [0.15, 0.2) is 70.2 Å². The summed E-state index contributed by atoms with van der Waals surface area (Å²) in [5, 5.41) is 7.40. The van der Waals surface area contributed by atoms with Gasteiger partial charge in [-0.3, -0.25) is 9.69 Å². The molecule has 0 aromatic heterocycles. The number of amidine groups is 1. The van der Waals surface area contributed by atoms with Crippen molar-refractivity contribution >= 4 is 56.2 Å². The molecule has 0 N–H and O–H groups in total. The third-order valence-electron chi connectivity index (χ3n) is 6.90. The second-order valence-electron chi connectivity index (χ2n) is 9.47. The summed E-state index contributed by atoms with van der Waals surface area (Å²) in [6, 6.07) is 20.0. The minimum Gasteiger partial charge on any atom is -0.496 e. The van der Waals surface area contributed by atoms with E-state index in [9.17, 15) is 4.79 Å². The number of carbonyl (C=O) groups is 1. The summed E-state index contributed by atoms with van der Waals surface area (Å²) in [6.45, 7) is 5.60. The van der Waals surface area contributed by atoms with Crippen LogP contribution in [-0.4, -0.2) is 31.8 Å². The Labute approximate surface area is 231 Å². The van der Waals surface area contributed by atoms with Crippen molar-refractivity contribution in [2.24, 2.45) is 5.10 Å². The van der Waals surface area contributed by atoms with Gasteiger partial charge in [-0.2, -0.15) is 0 Å². The molecule has 0 amide bonds. The molecule has 0 spiro atoms. The largest absolute Gasteiger partial charge is 0.496 e. The highest BCUT2D eigenvalue weighted by Crippen LogP contribution is 2.44. The maximum atomic E-state index is 13.0. The Morgan fingerprint density at radius 3 is 2.35 bits per heavy atom. The smallest absolute Gasteiger partial charge is 0.198 e. The number of Topliss-reactive ketones (excluding diaryl/α,β-unsaturated/α-hetero) is 1. The number of anilines is 3. The van der Waals surface area contributed by atoms with Gasteiger partial charge < -0.3 is 9.64 Å². The molecule has 1 saturated heterocycles. The minimum absolute atomic E-state index is 0.134. The van der Waals surface area contributed by atoms with E-state index in [1.807, 2.05) is 71.4 Å². The molecule has 3 aromatic carbocycles. The molecule has 0 aliphatic carbocycles. The number of piperidine rings is 1. The van der Waals surface area contributed by atoms with E-state index in [1.165, 1.54) is 19.3 Å². The molecule has 8 heteroatoms. The molecule has 0 bridgehead atoms. The number of hydrogen-bond donors (Lipinski definition) is 0. The van der Waals surface area contributed by atoms with Crippen molar-refractivity contribution in [1.82, 2.24) is 0 Å². The van der Waals surface area contributed by atoms with Crippen molar-refractivity contribution in [3.05, 3.63) is 81.3 Å². The van der Waals surface area contributed by atoms with Gasteiger partial charge in [0.15, 0.2) is 17.8 Å².